The first-order chi connectivity index (χ1) is 8.05. The maximum absolute atomic E-state index is 13.8. The van der Waals surface area contributed by atoms with Gasteiger partial charge in [0.05, 0.1) is 5.54 Å². The van der Waals surface area contributed by atoms with Crippen LogP contribution in [0.3, 0.4) is 0 Å². The van der Waals surface area contributed by atoms with E-state index in [-0.39, 0.29) is 5.82 Å². The number of hydrogen-bond acceptors (Lipinski definition) is 2. The second-order valence-corrected chi connectivity index (χ2v) is 4.36. The van der Waals surface area contributed by atoms with Gasteiger partial charge < -0.3 is 10.4 Å². The van der Waals surface area contributed by atoms with Crippen molar-refractivity contribution < 1.29 is 14.3 Å². The lowest BCUT2D eigenvalue weighted by atomic mass is 9.88. The Labute approximate surface area is 99.0 Å². The average Bonchev–Trinajstić information content (AvgIpc) is 2.29. The van der Waals surface area contributed by atoms with Crippen LogP contribution >= 0.6 is 0 Å². The highest BCUT2D eigenvalue weighted by molar-refractivity contribution is 5.67. The zero-order chi connectivity index (χ0) is 12.5. The van der Waals surface area contributed by atoms with Crippen molar-refractivity contribution in [3.05, 3.63) is 35.6 Å². The Kier molecular flexibility index (Phi) is 3.02. The average molecular weight is 238 g/mol. The number of nitrogens with one attached hydrogen (secondary N) is 1. The van der Waals surface area contributed by atoms with Crippen molar-refractivity contribution in [3.8, 4) is 0 Å². The molecule has 1 aromatic carbocycles. The van der Waals surface area contributed by atoms with Crippen molar-refractivity contribution in [2.24, 2.45) is 0 Å². The molecule has 1 saturated heterocycles. The molecule has 0 saturated carbocycles. The second kappa shape index (κ2) is 4.33. The highest BCUT2D eigenvalue weighted by atomic mass is 19.1. The van der Waals surface area contributed by atoms with E-state index in [0.29, 0.717) is 25.2 Å². The Hall–Kier alpha value is -1.62. The lowest BCUT2D eigenvalue weighted by Crippen LogP contribution is -2.59. The van der Waals surface area contributed by atoms with E-state index in [1.165, 1.54) is 11.0 Å². The molecule has 1 fully saturated rings. The summed E-state index contributed by atoms with van der Waals surface area (Å²) in [4.78, 5) is 12.5. The first-order valence-electron chi connectivity index (χ1n) is 5.52. The van der Waals surface area contributed by atoms with Crippen LogP contribution in [0.5, 0.6) is 0 Å². The van der Waals surface area contributed by atoms with Gasteiger partial charge in [-0.2, -0.15) is 0 Å². The van der Waals surface area contributed by atoms with Gasteiger partial charge in [0.1, 0.15) is 5.82 Å². The second-order valence-electron chi connectivity index (χ2n) is 4.36. The minimum absolute atomic E-state index is 0.361. The third-order valence-electron chi connectivity index (χ3n) is 3.26. The Bertz CT molecular complexity index is 438. The van der Waals surface area contributed by atoms with E-state index in [1.54, 1.807) is 25.1 Å². The number of piperazine rings is 1. The Balaban J connectivity index is 2.45. The van der Waals surface area contributed by atoms with Gasteiger partial charge in [0.15, 0.2) is 0 Å². The van der Waals surface area contributed by atoms with Crippen molar-refractivity contribution in [1.29, 1.82) is 0 Å². The molecule has 4 nitrogen and oxygen atoms in total. The molecule has 1 heterocycles. The molecule has 1 aliphatic rings. The van der Waals surface area contributed by atoms with Crippen LogP contribution in [-0.2, 0) is 5.54 Å². The van der Waals surface area contributed by atoms with Gasteiger partial charge >= 0.3 is 6.09 Å². The Morgan fingerprint density at radius 2 is 2.24 bits per heavy atom. The van der Waals surface area contributed by atoms with Crippen LogP contribution < -0.4 is 5.32 Å². The van der Waals surface area contributed by atoms with Gasteiger partial charge in [-0.15, -0.1) is 0 Å². The third-order valence-corrected chi connectivity index (χ3v) is 3.26. The summed E-state index contributed by atoms with van der Waals surface area (Å²) in [6.07, 6.45) is -1.02. The fraction of sp³-hybridized carbons (Fsp3) is 0.417. The molecule has 5 heteroatoms. The summed E-state index contributed by atoms with van der Waals surface area (Å²) in [6, 6.07) is 6.31. The van der Waals surface area contributed by atoms with Crippen molar-refractivity contribution in [2.75, 3.05) is 19.6 Å². The van der Waals surface area contributed by atoms with Gasteiger partial charge in [-0.05, 0) is 13.0 Å². The number of nitrogens with zero attached hydrogens (tertiary/aromatic N) is 1. The summed E-state index contributed by atoms with van der Waals surface area (Å²) in [5.41, 5.74) is -0.440. The zero-order valence-electron chi connectivity index (χ0n) is 9.61. The number of benzene rings is 1. The molecule has 92 valence electrons. The fourth-order valence-electron chi connectivity index (χ4n) is 2.31. The van der Waals surface area contributed by atoms with Crippen LogP contribution in [0.15, 0.2) is 24.3 Å². The summed E-state index contributed by atoms with van der Waals surface area (Å²) >= 11 is 0. The molecule has 0 radical (unpaired) electrons. The summed E-state index contributed by atoms with van der Waals surface area (Å²) in [6.45, 7) is 3.11. The van der Waals surface area contributed by atoms with E-state index in [4.69, 9.17) is 0 Å². The normalized spacial score (nSPS) is 24.7. The molecule has 0 bridgehead atoms. The van der Waals surface area contributed by atoms with Crippen LogP contribution in [0.1, 0.15) is 12.5 Å². The smallest absolute Gasteiger partial charge is 0.408 e. The van der Waals surface area contributed by atoms with Gasteiger partial charge in [-0.3, -0.25) is 4.90 Å². The molecule has 1 aromatic rings. The van der Waals surface area contributed by atoms with Gasteiger partial charge in [0.25, 0.3) is 0 Å². The maximum atomic E-state index is 13.8. The van der Waals surface area contributed by atoms with Crippen LogP contribution in [0.2, 0.25) is 0 Å². The standard InChI is InChI=1S/C12H15FN2O2/c1-12(9-4-2-3-5-10(9)13)8-14-6-7-15(12)11(16)17/h2-5,14H,6-8H2,1H3,(H,16,17). The van der Waals surface area contributed by atoms with E-state index in [9.17, 15) is 14.3 Å². The number of carbonyl (C=O) groups is 1. The van der Waals surface area contributed by atoms with E-state index in [1.807, 2.05) is 0 Å². The maximum Gasteiger partial charge on any atom is 0.408 e. The monoisotopic (exact) mass is 238 g/mol. The molecular formula is C12H15FN2O2. The predicted molar refractivity (Wildman–Crippen MR) is 61.4 cm³/mol. The molecule has 1 aliphatic heterocycles. The SMILES string of the molecule is CC1(c2ccccc2F)CNCCN1C(=O)O. The number of rotatable bonds is 1. The van der Waals surface area contributed by atoms with Crippen molar-refractivity contribution >= 4 is 6.09 Å². The number of amides is 1. The quantitative estimate of drug-likeness (QED) is 0.781. The highest BCUT2D eigenvalue weighted by Gasteiger charge is 2.40. The van der Waals surface area contributed by atoms with Crippen molar-refractivity contribution in [1.82, 2.24) is 10.2 Å². The van der Waals surface area contributed by atoms with E-state index in [0.717, 1.165) is 0 Å². The van der Waals surface area contributed by atoms with Crippen LogP contribution in [0, 0.1) is 5.82 Å². The molecule has 1 unspecified atom stereocenters. The minimum atomic E-state index is -1.02. The van der Waals surface area contributed by atoms with E-state index < -0.39 is 11.6 Å². The molecule has 0 aromatic heterocycles. The minimum Gasteiger partial charge on any atom is -0.465 e. The first kappa shape index (κ1) is 11.9. The molecule has 0 aliphatic carbocycles. The summed E-state index contributed by atoms with van der Waals surface area (Å²) in [7, 11) is 0. The molecular weight excluding hydrogens is 223 g/mol. The van der Waals surface area contributed by atoms with Gasteiger partial charge in [-0.25, -0.2) is 9.18 Å². The van der Waals surface area contributed by atoms with Crippen LogP contribution in [-0.4, -0.2) is 35.7 Å². The van der Waals surface area contributed by atoms with Crippen LogP contribution in [0.4, 0.5) is 9.18 Å². The lowest BCUT2D eigenvalue weighted by molar-refractivity contribution is 0.0632. The zero-order valence-corrected chi connectivity index (χ0v) is 9.61. The summed E-state index contributed by atoms with van der Waals surface area (Å²) < 4.78 is 13.8. The predicted octanol–water partition coefficient (Wildman–Crippen LogP) is 1.62. The molecule has 1 atom stereocenters. The Morgan fingerprint density at radius 1 is 1.53 bits per heavy atom. The fourth-order valence-corrected chi connectivity index (χ4v) is 2.31. The number of halogens is 1. The molecule has 2 N–H and O–H groups in total. The van der Waals surface area contributed by atoms with Gasteiger partial charge in [-0.1, -0.05) is 18.2 Å². The summed E-state index contributed by atoms with van der Waals surface area (Å²) in [5.74, 6) is -0.370. The molecule has 0 spiro atoms. The number of carboxylic acid groups (broad SMARTS) is 1. The van der Waals surface area contributed by atoms with Crippen molar-refractivity contribution in [3.63, 3.8) is 0 Å². The molecule has 1 amide bonds. The summed E-state index contributed by atoms with van der Waals surface area (Å²) in [5, 5.41) is 12.3. The van der Waals surface area contributed by atoms with Crippen LogP contribution in [0.25, 0.3) is 0 Å². The van der Waals surface area contributed by atoms with Crippen molar-refractivity contribution in [2.45, 2.75) is 12.5 Å². The lowest BCUT2D eigenvalue weighted by Gasteiger charge is -2.43. The third kappa shape index (κ3) is 1.98. The largest absolute Gasteiger partial charge is 0.465 e. The number of hydrogen-bond donors (Lipinski definition) is 2. The molecule has 17 heavy (non-hydrogen) atoms. The Morgan fingerprint density at radius 3 is 2.88 bits per heavy atom. The molecule has 2 rings (SSSR count). The van der Waals surface area contributed by atoms with Gasteiger partial charge in [0.2, 0.25) is 0 Å². The van der Waals surface area contributed by atoms with Gasteiger partial charge in [0, 0.05) is 25.2 Å². The van der Waals surface area contributed by atoms with E-state index in [2.05, 4.69) is 5.32 Å². The van der Waals surface area contributed by atoms with E-state index >= 15 is 0 Å². The highest BCUT2D eigenvalue weighted by Crippen LogP contribution is 2.31. The topological polar surface area (TPSA) is 52.6 Å². The first-order valence-corrected chi connectivity index (χ1v) is 5.52.